The summed E-state index contributed by atoms with van der Waals surface area (Å²) < 4.78 is 0. The summed E-state index contributed by atoms with van der Waals surface area (Å²) in [5, 5.41) is 3.33. The largest absolute Gasteiger partial charge is 0.316 e. The second-order valence-corrected chi connectivity index (χ2v) is 4.10. The van der Waals surface area contributed by atoms with Crippen LogP contribution in [0.3, 0.4) is 0 Å². The van der Waals surface area contributed by atoms with Gasteiger partial charge < -0.3 is 10.2 Å². The third-order valence-electron chi connectivity index (χ3n) is 2.99. The number of nitrogens with one attached hydrogen (secondary N) is 1. The van der Waals surface area contributed by atoms with Gasteiger partial charge in [0.05, 0.1) is 0 Å². The van der Waals surface area contributed by atoms with Crippen molar-refractivity contribution in [1.82, 2.24) is 10.2 Å². The molecule has 78 valence electrons. The smallest absolute Gasteiger partial charge is 0.000778 e. The van der Waals surface area contributed by atoms with Gasteiger partial charge in [-0.1, -0.05) is 20.3 Å². The zero-order chi connectivity index (χ0) is 9.52. The van der Waals surface area contributed by atoms with Gasteiger partial charge in [0, 0.05) is 0 Å². The fourth-order valence-electron chi connectivity index (χ4n) is 1.73. The molecule has 0 spiro atoms. The molecule has 2 nitrogen and oxygen atoms in total. The molecule has 0 aromatic carbocycles. The van der Waals surface area contributed by atoms with E-state index in [1.807, 2.05) is 0 Å². The molecule has 1 fully saturated rings. The molecule has 1 rings (SSSR count). The lowest BCUT2D eigenvalue weighted by molar-refractivity contribution is 0.231. The molecule has 1 aliphatic rings. The van der Waals surface area contributed by atoms with Crippen molar-refractivity contribution in [3.63, 3.8) is 0 Å². The molecule has 0 saturated carbocycles. The highest BCUT2D eigenvalue weighted by molar-refractivity contribution is 4.75. The lowest BCUT2D eigenvalue weighted by Gasteiger charge is -2.29. The lowest BCUT2D eigenvalue weighted by atomic mass is 9.99. The van der Waals surface area contributed by atoms with Crippen molar-refractivity contribution in [2.75, 3.05) is 32.7 Å². The van der Waals surface area contributed by atoms with Crippen molar-refractivity contribution in [3.05, 3.63) is 0 Å². The third kappa shape index (κ3) is 4.10. The van der Waals surface area contributed by atoms with Crippen LogP contribution in [0.25, 0.3) is 0 Å². The van der Waals surface area contributed by atoms with Gasteiger partial charge in [-0.3, -0.25) is 0 Å². The Balaban J connectivity index is 2.00. The topological polar surface area (TPSA) is 15.3 Å². The molecule has 0 atom stereocenters. The fraction of sp³-hybridized carbons (Fsp3) is 1.00. The summed E-state index contributed by atoms with van der Waals surface area (Å²) in [5.74, 6) is 0.968. The average Bonchev–Trinajstić information content (AvgIpc) is 2.08. The van der Waals surface area contributed by atoms with Crippen molar-refractivity contribution < 1.29 is 0 Å². The van der Waals surface area contributed by atoms with E-state index < -0.39 is 0 Å². The zero-order valence-electron chi connectivity index (χ0n) is 9.18. The van der Waals surface area contributed by atoms with Gasteiger partial charge in [0.2, 0.25) is 0 Å². The van der Waals surface area contributed by atoms with Gasteiger partial charge in [-0.15, -0.1) is 0 Å². The predicted molar refractivity (Wildman–Crippen MR) is 58.0 cm³/mol. The maximum Gasteiger partial charge on any atom is -0.000778 e. The zero-order valence-corrected chi connectivity index (χ0v) is 9.18. The summed E-state index contributed by atoms with van der Waals surface area (Å²) >= 11 is 0. The van der Waals surface area contributed by atoms with E-state index in [1.165, 1.54) is 52.0 Å². The second kappa shape index (κ2) is 6.39. The Morgan fingerprint density at radius 2 is 2.00 bits per heavy atom. The van der Waals surface area contributed by atoms with Gasteiger partial charge in [-0.05, 0) is 51.5 Å². The molecule has 1 heterocycles. The summed E-state index contributed by atoms with van der Waals surface area (Å²) in [4.78, 5) is 2.59. The molecule has 0 radical (unpaired) electrons. The molecular weight excluding hydrogens is 160 g/mol. The van der Waals surface area contributed by atoms with Gasteiger partial charge in [0.15, 0.2) is 0 Å². The van der Waals surface area contributed by atoms with Crippen LogP contribution in [-0.4, -0.2) is 37.6 Å². The molecule has 1 aliphatic heterocycles. The summed E-state index contributed by atoms with van der Waals surface area (Å²) in [7, 11) is 0. The van der Waals surface area contributed by atoms with Crippen LogP contribution in [0.5, 0.6) is 0 Å². The molecule has 0 bridgehead atoms. The Morgan fingerprint density at radius 3 is 2.46 bits per heavy atom. The van der Waals surface area contributed by atoms with Gasteiger partial charge in [0.1, 0.15) is 0 Å². The first-order valence-corrected chi connectivity index (χ1v) is 5.79. The Kier molecular flexibility index (Phi) is 5.40. The molecule has 0 aliphatic carbocycles. The Labute approximate surface area is 82.7 Å². The molecule has 1 N–H and O–H groups in total. The fourth-order valence-corrected chi connectivity index (χ4v) is 1.73. The van der Waals surface area contributed by atoms with Crippen molar-refractivity contribution in [2.45, 2.75) is 33.1 Å². The molecule has 13 heavy (non-hydrogen) atoms. The maximum atomic E-state index is 3.33. The SMILES string of the molecule is CCCCN(CC)CCC1CNC1. The number of rotatable bonds is 7. The van der Waals surface area contributed by atoms with Crippen molar-refractivity contribution in [2.24, 2.45) is 5.92 Å². The van der Waals surface area contributed by atoms with Gasteiger partial charge in [-0.2, -0.15) is 0 Å². The molecule has 0 aromatic heterocycles. The Bertz CT molecular complexity index is 121. The Morgan fingerprint density at radius 1 is 1.23 bits per heavy atom. The average molecular weight is 184 g/mol. The van der Waals surface area contributed by atoms with Crippen LogP contribution in [-0.2, 0) is 0 Å². The predicted octanol–water partition coefficient (Wildman–Crippen LogP) is 1.72. The van der Waals surface area contributed by atoms with Crippen LogP contribution in [0, 0.1) is 5.92 Å². The highest BCUT2D eigenvalue weighted by Gasteiger charge is 2.16. The number of unbranched alkanes of at least 4 members (excludes halogenated alkanes) is 1. The number of nitrogens with zero attached hydrogens (tertiary/aromatic N) is 1. The first-order chi connectivity index (χ1) is 6.36. The normalized spacial score (nSPS) is 17.8. The van der Waals surface area contributed by atoms with E-state index in [4.69, 9.17) is 0 Å². The summed E-state index contributed by atoms with van der Waals surface area (Å²) in [6.45, 7) is 10.9. The second-order valence-electron chi connectivity index (χ2n) is 4.10. The molecule has 0 aromatic rings. The van der Waals surface area contributed by atoms with E-state index in [9.17, 15) is 0 Å². The van der Waals surface area contributed by atoms with Gasteiger partial charge >= 0.3 is 0 Å². The molecular formula is C11H24N2. The van der Waals surface area contributed by atoms with Crippen LogP contribution in [0.2, 0.25) is 0 Å². The van der Waals surface area contributed by atoms with E-state index in [0.29, 0.717) is 0 Å². The van der Waals surface area contributed by atoms with Gasteiger partial charge in [-0.25, -0.2) is 0 Å². The van der Waals surface area contributed by atoms with Crippen LogP contribution >= 0.6 is 0 Å². The first-order valence-electron chi connectivity index (χ1n) is 5.79. The monoisotopic (exact) mass is 184 g/mol. The minimum atomic E-state index is 0.968. The lowest BCUT2D eigenvalue weighted by Crippen LogP contribution is -2.43. The Hall–Kier alpha value is -0.0800. The van der Waals surface area contributed by atoms with Crippen molar-refractivity contribution in [1.29, 1.82) is 0 Å². The van der Waals surface area contributed by atoms with Gasteiger partial charge in [0.25, 0.3) is 0 Å². The molecule has 2 heteroatoms. The van der Waals surface area contributed by atoms with E-state index in [-0.39, 0.29) is 0 Å². The minimum Gasteiger partial charge on any atom is -0.316 e. The van der Waals surface area contributed by atoms with E-state index in [1.54, 1.807) is 0 Å². The minimum absolute atomic E-state index is 0.968. The quantitative estimate of drug-likeness (QED) is 0.648. The number of hydrogen-bond acceptors (Lipinski definition) is 2. The third-order valence-corrected chi connectivity index (χ3v) is 2.99. The van der Waals surface area contributed by atoms with E-state index in [2.05, 4.69) is 24.1 Å². The van der Waals surface area contributed by atoms with Crippen LogP contribution in [0.1, 0.15) is 33.1 Å². The molecule has 0 unspecified atom stereocenters. The van der Waals surface area contributed by atoms with Crippen molar-refractivity contribution in [3.8, 4) is 0 Å². The molecule has 1 saturated heterocycles. The standard InChI is InChI=1S/C11H24N2/c1-3-5-7-13(4-2)8-6-11-9-12-10-11/h11-12H,3-10H2,1-2H3. The first kappa shape index (κ1) is 11.0. The summed E-state index contributed by atoms with van der Waals surface area (Å²) in [6.07, 6.45) is 4.07. The maximum absolute atomic E-state index is 3.33. The highest BCUT2D eigenvalue weighted by Crippen LogP contribution is 2.09. The summed E-state index contributed by atoms with van der Waals surface area (Å²) in [6, 6.07) is 0. The van der Waals surface area contributed by atoms with Crippen LogP contribution in [0.4, 0.5) is 0 Å². The van der Waals surface area contributed by atoms with Crippen molar-refractivity contribution >= 4 is 0 Å². The summed E-state index contributed by atoms with van der Waals surface area (Å²) in [5.41, 5.74) is 0. The molecule has 0 amide bonds. The van der Waals surface area contributed by atoms with Crippen LogP contribution < -0.4 is 5.32 Å². The van der Waals surface area contributed by atoms with E-state index >= 15 is 0 Å². The highest BCUT2D eigenvalue weighted by atomic mass is 15.1. The number of hydrogen-bond donors (Lipinski definition) is 1. The van der Waals surface area contributed by atoms with Crippen LogP contribution in [0.15, 0.2) is 0 Å². The van der Waals surface area contributed by atoms with E-state index in [0.717, 1.165) is 5.92 Å².